The molecule has 0 radical (unpaired) electrons. The fraction of sp³-hybridized carbons (Fsp3) is 0.391. The lowest BCUT2D eigenvalue weighted by atomic mass is 9.94. The maximum Gasteiger partial charge on any atom is 0.327 e. The smallest absolute Gasteiger partial charge is 0.327 e. The van der Waals surface area contributed by atoms with Gasteiger partial charge in [-0.15, -0.1) is 11.3 Å². The number of aryl methyl sites for hydroxylation is 1. The van der Waals surface area contributed by atoms with E-state index >= 15 is 0 Å². The maximum absolute atomic E-state index is 12.3. The van der Waals surface area contributed by atoms with Gasteiger partial charge in [0.05, 0.1) is 35.2 Å². The van der Waals surface area contributed by atoms with Crippen LogP contribution in [0.2, 0.25) is 5.02 Å². The quantitative estimate of drug-likeness (QED) is 0.558. The Balaban J connectivity index is 1.54. The molecule has 1 atom stereocenters. The monoisotopic (exact) mass is 485 g/mol. The third-order valence-electron chi connectivity index (χ3n) is 6.04. The number of rotatable bonds is 5. The summed E-state index contributed by atoms with van der Waals surface area (Å²) in [5, 5.41) is 4.03. The molecule has 0 bridgehead atoms. The highest BCUT2D eigenvalue weighted by Gasteiger charge is 2.34. The van der Waals surface area contributed by atoms with E-state index in [0.29, 0.717) is 11.6 Å². The van der Waals surface area contributed by atoms with Crippen LogP contribution in [0, 0.1) is 6.92 Å². The molecule has 2 fully saturated rings. The standard InChI is InChI=1S/C23H24ClN5O3S/c1-13-5-14(24)6-18(17(13)7-15-9-25-3-4-32-15)21-22-19(26-12-27-21)8-16(33-22)10-29-20(30)11-28(2)23(29)31/h5-6,8,12,15,25H,3-4,7,9-11H2,1-2H3. The lowest BCUT2D eigenvalue weighted by Gasteiger charge is -2.25. The van der Waals surface area contributed by atoms with E-state index in [2.05, 4.69) is 22.2 Å². The summed E-state index contributed by atoms with van der Waals surface area (Å²) in [4.78, 5) is 37.2. The number of benzene rings is 1. The summed E-state index contributed by atoms with van der Waals surface area (Å²) in [6.07, 6.45) is 2.38. The van der Waals surface area contributed by atoms with Crippen molar-refractivity contribution in [3.8, 4) is 11.3 Å². The van der Waals surface area contributed by atoms with Gasteiger partial charge in [-0.25, -0.2) is 14.8 Å². The van der Waals surface area contributed by atoms with Crippen LogP contribution in [0.25, 0.3) is 21.5 Å². The number of nitrogens with zero attached hydrogens (tertiary/aromatic N) is 4. The van der Waals surface area contributed by atoms with E-state index in [-0.39, 0.29) is 31.1 Å². The number of ether oxygens (including phenoxy) is 1. The van der Waals surface area contributed by atoms with Crippen LogP contribution in [0.5, 0.6) is 0 Å². The lowest BCUT2D eigenvalue weighted by Crippen LogP contribution is -2.39. The minimum absolute atomic E-state index is 0.0813. The summed E-state index contributed by atoms with van der Waals surface area (Å²) in [6.45, 7) is 4.76. The van der Waals surface area contributed by atoms with Gasteiger partial charge in [-0.2, -0.15) is 0 Å². The van der Waals surface area contributed by atoms with E-state index in [9.17, 15) is 9.59 Å². The highest BCUT2D eigenvalue weighted by Crippen LogP contribution is 2.37. The summed E-state index contributed by atoms with van der Waals surface area (Å²) in [5.41, 5.74) is 4.78. The molecule has 1 unspecified atom stereocenters. The van der Waals surface area contributed by atoms with Crippen molar-refractivity contribution in [3.05, 3.63) is 45.6 Å². The highest BCUT2D eigenvalue weighted by molar-refractivity contribution is 7.19. The zero-order valence-electron chi connectivity index (χ0n) is 18.4. The molecule has 33 heavy (non-hydrogen) atoms. The number of aromatic nitrogens is 2. The number of fused-ring (bicyclic) bond motifs is 1. The van der Waals surface area contributed by atoms with Crippen LogP contribution in [0.4, 0.5) is 4.79 Å². The minimum atomic E-state index is -0.280. The zero-order valence-corrected chi connectivity index (χ0v) is 20.0. The number of likely N-dealkylation sites (N-methyl/N-ethyl adjacent to an activating group) is 1. The normalized spacial score (nSPS) is 19.2. The summed E-state index contributed by atoms with van der Waals surface area (Å²) in [7, 11) is 1.63. The molecule has 8 nitrogen and oxygen atoms in total. The first-order valence-electron chi connectivity index (χ1n) is 10.8. The number of amides is 3. The Kier molecular flexibility index (Phi) is 6.05. The first kappa shape index (κ1) is 22.2. The fourth-order valence-corrected chi connectivity index (χ4v) is 5.76. The van der Waals surface area contributed by atoms with Gasteiger partial charge in [-0.3, -0.25) is 9.69 Å². The number of halogens is 1. The third kappa shape index (κ3) is 4.33. The summed E-state index contributed by atoms with van der Waals surface area (Å²) in [5.74, 6) is -0.194. The SMILES string of the molecule is Cc1cc(Cl)cc(-c2ncnc3cc(CN4C(=O)CN(C)C4=O)sc23)c1CC1CNCCO1. The van der Waals surface area contributed by atoms with Crippen LogP contribution >= 0.6 is 22.9 Å². The molecule has 0 spiro atoms. The zero-order chi connectivity index (χ0) is 23.1. The molecule has 0 saturated carbocycles. The number of imide groups is 1. The molecule has 2 saturated heterocycles. The molecular weight excluding hydrogens is 462 g/mol. The van der Waals surface area contributed by atoms with E-state index in [0.717, 1.165) is 57.0 Å². The number of morpholine rings is 1. The molecule has 1 aromatic carbocycles. The van der Waals surface area contributed by atoms with Crippen LogP contribution in [-0.4, -0.2) is 71.1 Å². The predicted molar refractivity (Wildman–Crippen MR) is 127 cm³/mol. The van der Waals surface area contributed by atoms with Crippen molar-refractivity contribution in [2.45, 2.75) is 26.0 Å². The van der Waals surface area contributed by atoms with Crippen LogP contribution < -0.4 is 5.32 Å². The van der Waals surface area contributed by atoms with Gasteiger partial charge in [-0.1, -0.05) is 11.6 Å². The second-order valence-corrected chi connectivity index (χ2v) is 9.99. The Morgan fingerprint density at radius 1 is 1.27 bits per heavy atom. The molecule has 3 amide bonds. The molecule has 2 aromatic heterocycles. The summed E-state index contributed by atoms with van der Waals surface area (Å²) < 4.78 is 6.86. The number of carbonyl (C=O) groups is 2. The molecule has 1 N–H and O–H groups in total. The Labute approximate surface area is 200 Å². The van der Waals surface area contributed by atoms with E-state index in [1.165, 1.54) is 21.1 Å². The number of thiophene rings is 1. The van der Waals surface area contributed by atoms with Crippen molar-refractivity contribution in [1.82, 2.24) is 25.1 Å². The molecule has 10 heteroatoms. The number of urea groups is 1. The van der Waals surface area contributed by atoms with Crippen molar-refractivity contribution in [3.63, 3.8) is 0 Å². The van der Waals surface area contributed by atoms with Gasteiger partial charge in [-0.05, 0) is 36.2 Å². The molecular formula is C23H24ClN5O3S. The molecule has 4 heterocycles. The van der Waals surface area contributed by atoms with Gasteiger partial charge in [0.1, 0.15) is 12.9 Å². The van der Waals surface area contributed by atoms with Crippen molar-refractivity contribution in [1.29, 1.82) is 0 Å². The number of carbonyl (C=O) groups excluding carboxylic acids is 2. The number of nitrogens with one attached hydrogen (secondary N) is 1. The molecule has 172 valence electrons. The fourth-order valence-electron chi connectivity index (χ4n) is 4.39. The summed E-state index contributed by atoms with van der Waals surface area (Å²) >= 11 is 7.96. The van der Waals surface area contributed by atoms with E-state index in [4.69, 9.17) is 16.3 Å². The van der Waals surface area contributed by atoms with Crippen LogP contribution in [-0.2, 0) is 22.5 Å². The van der Waals surface area contributed by atoms with Gasteiger partial charge in [0, 0.05) is 42.0 Å². The molecule has 3 aromatic rings. The molecule has 2 aliphatic heterocycles. The summed E-state index contributed by atoms with van der Waals surface area (Å²) in [6, 6.07) is 5.56. The largest absolute Gasteiger partial charge is 0.375 e. The average molecular weight is 486 g/mol. The molecule has 0 aliphatic carbocycles. The topological polar surface area (TPSA) is 87.7 Å². The van der Waals surface area contributed by atoms with E-state index in [1.54, 1.807) is 13.4 Å². The highest BCUT2D eigenvalue weighted by atomic mass is 35.5. The van der Waals surface area contributed by atoms with Gasteiger partial charge in [0.2, 0.25) is 0 Å². The number of hydrogen-bond donors (Lipinski definition) is 1. The van der Waals surface area contributed by atoms with E-state index in [1.807, 2.05) is 18.2 Å². The predicted octanol–water partition coefficient (Wildman–Crippen LogP) is 3.25. The van der Waals surface area contributed by atoms with Gasteiger partial charge >= 0.3 is 6.03 Å². The lowest BCUT2D eigenvalue weighted by molar-refractivity contribution is -0.125. The van der Waals surface area contributed by atoms with E-state index < -0.39 is 0 Å². The first-order valence-corrected chi connectivity index (χ1v) is 12.0. The van der Waals surface area contributed by atoms with Gasteiger partial charge in [0.15, 0.2) is 0 Å². The Bertz CT molecular complexity index is 1240. The second-order valence-electron chi connectivity index (χ2n) is 8.42. The first-order chi connectivity index (χ1) is 15.9. The molecule has 2 aliphatic rings. The average Bonchev–Trinajstić information content (AvgIpc) is 3.31. The Morgan fingerprint density at radius 3 is 2.85 bits per heavy atom. The van der Waals surface area contributed by atoms with Crippen molar-refractivity contribution in [2.24, 2.45) is 0 Å². The van der Waals surface area contributed by atoms with Gasteiger partial charge < -0.3 is 15.0 Å². The van der Waals surface area contributed by atoms with Crippen molar-refractivity contribution >= 4 is 45.1 Å². The van der Waals surface area contributed by atoms with Crippen molar-refractivity contribution < 1.29 is 14.3 Å². The van der Waals surface area contributed by atoms with Crippen LogP contribution in [0.1, 0.15) is 16.0 Å². The van der Waals surface area contributed by atoms with Crippen LogP contribution in [0.3, 0.4) is 0 Å². The third-order valence-corrected chi connectivity index (χ3v) is 7.37. The Hall–Kier alpha value is -2.59. The number of hydrogen-bond acceptors (Lipinski definition) is 7. The molecule has 5 rings (SSSR count). The maximum atomic E-state index is 12.3. The van der Waals surface area contributed by atoms with Gasteiger partial charge in [0.25, 0.3) is 5.91 Å². The Morgan fingerprint density at radius 2 is 2.12 bits per heavy atom. The van der Waals surface area contributed by atoms with Crippen LogP contribution in [0.15, 0.2) is 24.5 Å². The second kappa shape index (κ2) is 8.98. The minimum Gasteiger partial charge on any atom is -0.375 e. The van der Waals surface area contributed by atoms with Crippen molar-refractivity contribution in [2.75, 3.05) is 33.3 Å².